The molecule has 0 bridgehead atoms. The maximum atomic E-state index is 13.0. The number of nitrogens with zero attached hydrogens (tertiary/aromatic N) is 1. The molecule has 0 aliphatic carbocycles. The summed E-state index contributed by atoms with van der Waals surface area (Å²) in [5.74, 6) is -0.204. The molecule has 1 aliphatic heterocycles. The van der Waals surface area contributed by atoms with E-state index < -0.39 is 0 Å². The highest BCUT2D eigenvalue weighted by Crippen LogP contribution is 2.20. The van der Waals surface area contributed by atoms with E-state index in [0.29, 0.717) is 11.6 Å². The quantitative estimate of drug-likeness (QED) is 0.925. The fourth-order valence-electron chi connectivity index (χ4n) is 2.36. The highest BCUT2D eigenvalue weighted by Gasteiger charge is 2.24. The van der Waals surface area contributed by atoms with E-state index in [1.54, 1.807) is 18.0 Å². The van der Waals surface area contributed by atoms with Gasteiger partial charge in [0.1, 0.15) is 5.82 Å². The molecule has 1 atom stereocenters. The molecule has 1 unspecified atom stereocenters. The molecular weight excluding hydrogens is 267 g/mol. The van der Waals surface area contributed by atoms with Crippen molar-refractivity contribution in [3.8, 4) is 0 Å². The van der Waals surface area contributed by atoms with Crippen LogP contribution in [0.3, 0.4) is 0 Å². The Morgan fingerprint density at radius 3 is 3.00 bits per heavy atom. The van der Waals surface area contributed by atoms with Crippen molar-refractivity contribution in [1.82, 2.24) is 10.2 Å². The van der Waals surface area contributed by atoms with Crippen molar-refractivity contribution in [1.29, 1.82) is 0 Å². The van der Waals surface area contributed by atoms with Gasteiger partial charge in [-0.05, 0) is 37.1 Å². The molecule has 19 heavy (non-hydrogen) atoms. The second-order valence-electron chi connectivity index (χ2n) is 4.97. The minimum absolute atomic E-state index is 0.0398. The van der Waals surface area contributed by atoms with Crippen molar-refractivity contribution in [2.75, 3.05) is 20.1 Å². The van der Waals surface area contributed by atoms with Gasteiger partial charge in [0.2, 0.25) is 5.91 Å². The first-order chi connectivity index (χ1) is 9.08. The van der Waals surface area contributed by atoms with E-state index in [0.717, 1.165) is 31.5 Å². The zero-order valence-corrected chi connectivity index (χ0v) is 11.7. The van der Waals surface area contributed by atoms with Gasteiger partial charge >= 0.3 is 0 Å². The van der Waals surface area contributed by atoms with Crippen LogP contribution in [0.15, 0.2) is 18.2 Å². The Labute approximate surface area is 117 Å². The van der Waals surface area contributed by atoms with Crippen molar-refractivity contribution in [3.05, 3.63) is 34.6 Å². The van der Waals surface area contributed by atoms with Crippen molar-refractivity contribution in [3.63, 3.8) is 0 Å². The van der Waals surface area contributed by atoms with Gasteiger partial charge in [0.05, 0.1) is 5.92 Å². The Morgan fingerprint density at radius 1 is 1.58 bits per heavy atom. The number of halogens is 2. The van der Waals surface area contributed by atoms with Gasteiger partial charge in [0, 0.05) is 25.2 Å². The summed E-state index contributed by atoms with van der Waals surface area (Å²) in [6, 6.07) is 4.26. The predicted molar refractivity (Wildman–Crippen MR) is 73.5 cm³/mol. The summed E-state index contributed by atoms with van der Waals surface area (Å²) in [4.78, 5) is 13.9. The summed E-state index contributed by atoms with van der Waals surface area (Å²) in [6.07, 6.45) is 1.95. The van der Waals surface area contributed by atoms with Crippen LogP contribution in [0, 0.1) is 11.7 Å². The summed E-state index contributed by atoms with van der Waals surface area (Å²) in [5, 5.41) is 3.59. The molecule has 104 valence electrons. The van der Waals surface area contributed by atoms with Gasteiger partial charge in [-0.25, -0.2) is 4.39 Å². The molecule has 5 heteroatoms. The van der Waals surface area contributed by atoms with Gasteiger partial charge in [-0.2, -0.15) is 0 Å². The second kappa shape index (κ2) is 6.35. The van der Waals surface area contributed by atoms with Crippen LogP contribution in [0.25, 0.3) is 0 Å². The highest BCUT2D eigenvalue weighted by atomic mass is 35.5. The van der Waals surface area contributed by atoms with E-state index >= 15 is 0 Å². The number of hydrogen-bond acceptors (Lipinski definition) is 2. The predicted octanol–water partition coefficient (Wildman–Crippen LogP) is 2.44. The molecule has 3 nitrogen and oxygen atoms in total. The average Bonchev–Trinajstić information content (AvgIpc) is 2.42. The molecule has 1 aliphatic rings. The summed E-state index contributed by atoms with van der Waals surface area (Å²) < 4.78 is 13.0. The molecule has 0 aromatic heterocycles. The van der Waals surface area contributed by atoms with Crippen LogP contribution >= 0.6 is 11.6 Å². The molecule has 1 heterocycles. The summed E-state index contributed by atoms with van der Waals surface area (Å²) >= 11 is 5.97. The van der Waals surface area contributed by atoms with E-state index in [2.05, 4.69) is 5.32 Å². The normalized spacial score (nSPS) is 19.2. The van der Waals surface area contributed by atoms with Gasteiger partial charge in [-0.1, -0.05) is 17.7 Å². The lowest BCUT2D eigenvalue weighted by Crippen LogP contribution is -2.41. The monoisotopic (exact) mass is 284 g/mol. The Morgan fingerprint density at radius 2 is 2.37 bits per heavy atom. The van der Waals surface area contributed by atoms with Crippen molar-refractivity contribution in [2.24, 2.45) is 5.92 Å². The summed E-state index contributed by atoms with van der Waals surface area (Å²) in [6.45, 7) is 2.13. The summed E-state index contributed by atoms with van der Waals surface area (Å²) in [7, 11) is 1.76. The zero-order chi connectivity index (χ0) is 13.8. The highest BCUT2D eigenvalue weighted by molar-refractivity contribution is 6.31. The van der Waals surface area contributed by atoms with Crippen LogP contribution in [-0.4, -0.2) is 30.9 Å². The fraction of sp³-hybridized carbons (Fsp3) is 0.500. The molecule has 1 saturated heterocycles. The lowest BCUT2D eigenvalue weighted by molar-refractivity contribution is -0.135. The van der Waals surface area contributed by atoms with E-state index in [-0.39, 0.29) is 17.6 Å². The molecule has 0 saturated carbocycles. The van der Waals surface area contributed by atoms with Crippen LogP contribution < -0.4 is 5.32 Å². The van der Waals surface area contributed by atoms with E-state index in [4.69, 9.17) is 11.6 Å². The van der Waals surface area contributed by atoms with Crippen LogP contribution in [0.1, 0.15) is 18.4 Å². The molecule has 1 aromatic rings. The first kappa shape index (κ1) is 14.3. The van der Waals surface area contributed by atoms with E-state index in [1.807, 2.05) is 0 Å². The maximum absolute atomic E-state index is 13.0. The van der Waals surface area contributed by atoms with Crippen LogP contribution in [0.4, 0.5) is 4.39 Å². The van der Waals surface area contributed by atoms with E-state index in [9.17, 15) is 9.18 Å². The maximum Gasteiger partial charge on any atom is 0.227 e. The Hall–Kier alpha value is -1.13. The summed E-state index contributed by atoms with van der Waals surface area (Å²) in [5.41, 5.74) is 0.766. The van der Waals surface area contributed by atoms with E-state index in [1.165, 1.54) is 12.1 Å². The number of hydrogen-bond donors (Lipinski definition) is 1. The SMILES string of the molecule is CN(Cc1ccc(F)cc1Cl)C(=O)C1CCCNC1. The Kier molecular flexibility index (Phi) is 4.77. The third kappa shape index (κ3) is 3.67. The second-order valence-corrected chi connectivity index (χ2v) is 5.38. The Balaban J connectivity index is 1.99. The average molecular weight is 285 g/mol. The number of carbonyl (C=O) groups excluding carboxylic acids is 1. The van der Waals surface area contributed by atoms with Gasteiger partial charge in [0.25, 0.3) is 0 Å². The molecule has 2 rings (SSSR count). The van der Waals surface area contributed by atoms with Gasteiger partial charge in [0.15, 0.2) is 0 Å². The number of benzene rings is 1. The lowest BCUT2D eigenvalue weighted by Gasteiger charge is -2.27. The molecule has 1 amide bonds. The lowest BCUT2D eigenvalue weighted by atomic mass is 9.98. The van der Waals surface area contributed by atoms with Gasteiger partial charge < -0.3 is 10.2 Å². The van der Waals surface area contributed by atoms with Crippen LogP contribution in [0.5, 0.6) is 0 Å². The van der Waals surface area contributed by atoms with Crippen LogP contribution in [-0.2, 0) is 11.3 Å². The van der Waals surface area contributed by atoms with Crippen molar-refractivity contribution < 1.29 is 9.18 Å². The number of nitrogens with one attached hydrogen (secondary N) is 1. The standard InChI is InChI=1S/C14H18ClFN2O/c1-18(14(19)10-3-2-6-17-8-10)9-11-4-5-12(16)7-13(11)15/h4-5,7,10,17H,2-3,6,8-9H2,1H3. The minimum atomic E-state index is -0.362. The first-order valence-electron chi connectivity index (χ1n) is 6.47. The third-order valence-electron chi connectivity index (χ3n) is 3.44. The number of carbonyl (C=O) groups is 1. The van der Waals surface area contributed by atoms with Crippen LogP contribution in [0.2, 0.25) is 5.02 Å². The number of piperidine rings is 1. The first-order valence-corrected chi connectivity index (χ1v) is 6.85. The van der Waals surface area contributed by atoms with Gasteiger partial charge in [-0.15, -0.1) is 0 Å². The number of rotatable bonds is 3. The smallest absolute Gasteiger partial charge is 0.227 e. The fourth-order valence-corrected chi connectivity index (χ4v) is 2.58. The van der Waals surface area contributed by atoms with Crippen molar-refractivity contribution >= 4 is 17.5 Å². The van der Waals surface area contributed by atoms with Gasteiger partial charge in [-0.3, -0.25) is 4.79 Å². The largest absolute Gasteiger partial charge is 0.341 e. The topological polar surface area (TPSA) is 32.3 Å². The third-order valence-corrected chi connectivity index (χ3v) is 3.80. The molecule has 1 aromatic carbocycles. The Bertz CT molecular complexity index is 461. The molecule has 0 spiro atoms. The van der Waals surface area contributed by atoms with Crippen molar-refractivity contribution in [2.45, 2.75) is 19.4 Å². The zero-order valence-electron chi connectivity index (χ0n) is 11.0. The minimum Gasteiger partial charge on any atom is -0.341 e. The molecule has 0 radical (unpaired) electrons. The molecular formula is C14H18ClFN2O. The molecule has 1 fully saturated rings. The number of amides is 1. The molecule has 1 N–H and O–H groups in total.